The number of rotatable bonds is 2. The quantitative estimate of drug-likeness (QED) is 0.324. The largest absolute Gasteiger partial charge is 0.337 e. The summed E-state index contributed by atoms with van der Waals surface area (Å²) < 4.78 is 2.51. The van der Waals surface area contributed by atoms with Crippen LogP contribution >= 0.6 is 0 Å². The Morgan fingerprint density at radius 3 is 2.25 bits per heavy atom. The number of fused-ring (bicyclic) bond motifs is 5. The summed E-state index contributed by atoms with van der Waals surface area (Å²) in [6.45, 7) is 8.96. The molecule has 0 amide bonds. The minimum Gasteiger partial charge on any atom is -0.337 e. The molecule has 2 heterocycles. The second kappa shape index (κ2) is 6.20. The van der Waals surface area contributed by atoms with E-state index >= 15 is 0 Å². The van der Waals surface area contributed by atoms with Gasteiger partial charge in [0.15, 0.2) is 0 Å². The summed E-state index contributed by atoms with van der Waals surface area (Å²) in [4.78, 5) is 5.14. The van der Waals surface area contributed by atoms with Crippen LogP contribution in [0.1, 0.15) is 31.0 Å². The Bertz CT molecular complexity index is 1340. The molecule has 28 heavy (non-hydrogen) atoms. The van der Waals surface area contributed by atoms with Crippen LogP contribution in [-0.2, 0) is 0 Å². The number of aromatic nitrogens is 2. The number of hydrogen-bond donors (Lipinski definition) is 0. The van der Waals surface area contributed by atoms with Crippen LogP contribution in [0.5, 0.6) is 0 Å². The molecule has 2 heteroatoms. The van der Waals surface area contributed by atoms with E-state index in [2.05, 4.69) is 99.0 Å². The van der Waals surface area contributed by atoms with Crippen molar-refractivity contribution in [2.24, 2.45) is 0 Å². The third-order valence-corrected chi connectivity index (χ3v) is 5.62. The van der Waals surface area contributed by atoms with Gasteiger partial charge in [-0.3, -0.25) is 0 Å². The molecule has 0 spiro atoms. The van der Waals surface area contributed by atoms with Crippen molar-refractivity contribution in [3.05, 3.63) is 77.9 Å². The van der Waals surface area contributed by atoms with Gasteiger partial charge in [0.25, 0.3) is 0 Å². The molecule has 2 nitrogen and oxygen atoms in total. The number of hydrogen-bond acceptors (Lipinski definition) is 1. The Kier molecular flexibility index (Phi) is 3.77. The highest BCUT2D eigenvalue weighted by Crippen LogP contribution is 2.42. The molecule has 138 valence electrons. The van der Waals surface area contributed by atoms with Crippen LogP contribution in [0.25, 0.3) is 44.0 Å². The van der Waals surface area contributed by atoms with Crippen molar-refractivity contribution >= 4 is 32.7 Å². The lowest BCUT2D eigenvalue weighted by molar-refractivity contribution is 0.642. The third-order valence-electron chi connectivity index (χ3n) is 5.62. The van der Waals surface area contributed by atoms with Crippen molar-refractivity contribution in [1.82, 2.24) is 9.55 Å². The van der Waals surface area contributed by atoms with E-state index in [1.165, 1.54) is 43.9 Å². The monoisotopic (exact) mass is 364 g/mol. The van der Waals surface area contributed by atoms with Crippen LogP contribution in [-0.4, -0.2) is 9.55 Å². The number of nitrogens with zero attached hydrogens (tertiary/aromatic N) is 2. The average molecular weight is 364 g/mol. The van der Waals surface area contributed by atoms with E-state index in [-0.39, 0.29) is 0 Å². The lowest BCUT2D eigenvalue weighted by atomic mass is 10.0. The molecule has 2 aromatic heterocycles. The van der Waals surface area contributed by atoms with Crippen LogP contribution in [0.3, 0.4) is 0 Å². The summed E-state index contributed by atoms with van der Waals surface area (Å²) in [6.07, 6.45) is 0. The number of aryl methyl sites for hydroxylation is 2. The zero-order valence-corrected chi connectivity index (χ0v) is 16.8. The van der Waals surface area contributed by atoms with Crippen molar-refractivity contribution in [2.45, 2.75) is 33.7 Å². The van der Waals surface area contributed by atoms with E-state index in [9.17, 15) is 0 Å². The lowest BCUT2D eigenvalue weighted by Gasteiger charge is -2.15. The molecule has 0 aliphatic carbocycles. The van der Waals surface area contributed by atoms with Crippen LogP contribution in [0.15, 0.2) is 66.7 Å². The highest BCUT2D eigenvalue weighted by Gasteiger charge is 2.21. The second-order valence-corrected chi connectivity index (χ2v) is 8.01. The average Bonchev–Trinajstić information content (AvgIpc) is 3.04. The second-order valence-electron chi connectivity index (χ2n) is 8.01. The highest BCUT2D eigenvalue weighted by atomic mass is 15.0. The first kappa shape index (κ1) is 17.0. The Balaban J connectivity index is 2.14. The fraction of sp³-hybridized carbons (Fsp3) is 0.192. The highest BCUT2D eigenvalue weighted by molar-refractivity contribution is 6.22. The summed E-state index contributed by atoms with van der Waals surface area (Å²) in [5.74, 6) is 0. The predicted octanol–water partition coefficient (Wildman–Crippen LogP) is 7.21. The molecule has 0 atom stereocenters. The van der Waals surface area contributed by atoms with E-state index in [1.54, 1.807) is 0 Å². The number of benzene rings is 3. The molecule has 5 aromatic rings. The molecule has 0 bridgehead atoms. The van der Waals surface area contributed by atoms with Gasteiger partial charge >= 0.3 is 0 Å². The molecular formula is C26H24N2. The van der Waals surface area contributed by atoms with Gasteiger partial charge in [-0.2, -0.15) is 0 Å². The Labute approximate surface area is 165 Å². The first-order valence-electron chi connectivity index (χ1n) is 9.95. The van der Waals surface area contributed by atoms with Gasteiger partial charge in [-0.1, -0.05) is 60.2 Å². The van der Waals surface area contributed by atoms with Gasteiger partial charge in [-0.05, 0) is 45.4 Å². The third kappa shape index (κ3) is 2.37. The van der Waals surface area contributed by atoms with E-state index in [4.69, 9.17) is 4.98 Å². The molecule has 3 aromatic carbocycles. The van der Waals surface area contributed by atoms with Crippen molar-refractivity contribution in [2.75, 3.05) is 0 Å². The Morgan fingerprint density at radius 1 is 0.786 bits per heavy atom. The molecular weight excluding hydrogens is 340 g/mol. The van der Waals surface area contributed by atoms with Crippen molar-refractivity contribution in [1.29, 1.82) is 0 Å². The molecule has 0 unspecified atom stereocenters. The molecule has 0 radical (unpaired) electrons. The van der Waals surface area contributed by atoms with Crippen LogP contribution in [0.4, 0.5) is 0 Å². The van der Waals surface area contributed by atoms with Gasteiger partial charge < -0.3 is 4.57 Å². The zero-order valence-electron chi connectivity index (χ0n) is 16.8. The SMILES string of the molecule is Cc1cc(C)c2c(c1)c1c(-c3ccccc3)nc3ccccc3c1n2C(C)C. The molecule has 0 aliphatic rings. The predicted molar refractivity (Wildman–Crippen MR) is 120 cm³/mol. The van der Waals surface area contributed by atoms with Crippen molar-refractivity contribution < 1.29 is 0 Å². The molecule has 0 saturated heterocycles. The molecule has 0 N–H and O–H groups in total. The van der Waals surface area contributed by atoms with Gasteiger partial charge in [0, 0.05) is 27.8 Å². The van der Waals surface area contributed by atoms with Crippen molar-refractivity contribution in [3.8, 4) is 11.3 Å². The van der Waals surface area contributed by atoms with E-state index in [0.29, 0.717) is 6.04 Å². The summed E-state index contributed by atoms with van der Waals surface area (Å²) in [5.41, 5.74) is 8.52. The lowest BCUT2D eigenvalue weighted by Crippen LogP contribution is -2.02. The zero-order chi connectivity index (χ0) is 19.4. The maximum absolute atomic E-state index is 5.14. The normalized spacial score (nSPS) is 11.9. The van der Waals surface area contributed by atoms with Gasteiger partial charge in [-0.15, -0.1) is 0 Å². The molecule has 0 saturated carbocycles. The van der Waals surface area contributed by atoms with Gasteiger partial charge in [0.2, 0.25) is 0 Å². The summed E-state index contributed by atoms with van der Waals surface area (Å²) >= 11 is 0. The van der Waals surface area contributed by atoms with E-state index in [0.717, 1.165) is 11.2 Å². The molecule has 5 rings (SSSR count). The minimum absolute atomic E-state index is 0.357. The summed E-state index contributed by atoms with van der Waals surface area (Å²) in [7, 11) is 0. The summed E-state index contributed by atoms with van der Waals surface area (Å²) in [5, 5.41) is 3.79. The standard InChI is InChI=1S/C26H24N2/c1-16(2)28-25-18(4)14-17(3)15-21(25)23-24(19-10-6-5-7-11-19)27-22-13-9-8-12-20(22)26(23)28/h5-16H,1-4H3. The summed E-state index contributed by atoms with van der Waals surface area (Å²) in [6, 6.07) is 24.1. The minimum atomic E-state index is 0.357. The van der Waals surface area contributed by atoms with Gasteiger partial charge in [0.05, 0.1) is 22.2 Å². The molecule has 0 aliphatic heterocycles. The van der Waals surface area contributed by atoms with Crippen LogP contribution in [0.2, 0.25) is 0 Å². The fourth-order valence-electron chi connectivity index (χ4n) is 4.60. The topological polar surface area (TPSA) is 17.8 Å². The van der Waals surface area contributed by atoms with Crippen LogP contribution < -0.4 is 0 Å². The number of para-hydroxylation sites is 1. The Morgan fingerprint density at radius 2 is 1.50 bits per heavy atom. The van der Waals surface area contributed by atoms with Crippen molar-refractivity contribution in [3.63, 3.8) is 0 Å². The van der Waals surface area contributed by atoms with E-state index in [1.807, 2.05) is 0 Å². The van der Waals surface area contributed by atoms with Gasteiger partial charge in [-0.25, -0.2) is 4.98 Å². The first-order chi connectivity index (χ1) is 13.6. The number of pyridine rings is 1. The van der Waals surface area contributed by atoms with Crippen LogP contribution in [0, 0.1) is 13.8 Å². The molecule has 0 fully saturated rings. The van der Waals surface area contributed by atoms with E-state index < -0.39 is 0 Å². The maximum Gasteiger partial charge on any atom is 0.0809 e. The Hall–Kier alpha value is -3.13. The van der Waals surface area contributed by atoms with Gasteiger partial charge in [0.1, 0.15) is 0 Å². The smallest absolute Gasteiger partial charge is 0.0809 e. The maximum atomic E-state index is 5.14. The first-order valence-corrected chi connectivity index (χ1v) is 9.95. The fourth-order valence-corrected chi connectivity index (χ4v) is 4.60.